The number of nitrogens with one attached hydrogen (secondary N) is 2. The van der Waals surface area contributed by atoms with Crippen LogP contribution in [0.2, 0.25) is 0 Å². The molecule has 2 N–H and O–H groups in total. The van der Waals surface area contributed by atoms with Crippen LogP contribution in [0.15, 0.2) is 53.4 Å². The molecule has 0 radical (unpaired) electrons. The predicted octanol–water partition coefficient (Wildman–Crippen LogP) is 1.74. The first-order valence-corrected chi connectivity index (χ1v) is 8.82. The lowest BCUT2D eigenvalue weighted by molar-refractivity contribution is -0.384. The molecule has 0 aliphatic rings. The molecule has 0 bridgehead atoms. The zero-order valence-electron chi connectivity index (χ0n) is 13.6. The normalized spacial score (nSPS) is 10.8. The number of non-ortho nitro benzene ring substituents is 1. The van der Waals surface area contributed by atoms with Gasteiger partial charge in [-0.3, -0.25) is 19.7 Å². The Bertz CT molecular complexity index is 937. The number of benzene rings is 2. The minimum absolute atomic E-state index is 0.0905. The second kappa shape index (κ2) is 7.74. The molecule has 0 spiro atoms. The molecule has 0 atom stereocenters. The molecule has 0 fully saturated rings. The van der Waals surface area contributed by atoms with Crippen LogP contribution in [0, 0.1) is 17.0 Å². The summed E-state index contributed by atoms with van der Waals surface area (Å²) in [7, 11) is -4.06. The van der Waals surface area contributed by atoms with Crippen molar-refractivity contribution in [2.75, 3.05) is 5.32 Å². The van der Waals surface area contributed by atoms with Crippen molar-refractivity contribution in [3.8, 4) is 0 Å². The first-order chi connectivity index (χ1) is 12.2. The van der Waals surface area contributed by atoms with Crippen molar-refractivity contribution < 1.29 is 22.9 Å². The molecule has 0 saturated heterocycles. The largest absolute Gasteiger partial charge is 0.326 e. The number of sulfonamides is 1. The van der Waals surface area contributed by atoms with Gasteiger partial charge in [0.05, 0.1) is 9.82 Å². The van der Waals surface area contributed by atoms with Gasteiger partial charge in [0.1, 0.15) is 6.42 Å². The van der Waals surface area contributed by atoms with Crippen molar-refractivity contribution in [2.45, 2.75) is 18.2 Å². The molecule has 0 unspecified atom stereocenters. The van der Waals surface area contributed by atoms with Crippen LogP contribution >= 0.6 is 0 Å². The van der Waals surface area contributed by atoms with Gasteiger partial charge in [-0.05, 0) is 31.2 Å². The number of aryl methyl sites for hydroxylation is 1. The van der Waals surface area contributed by atoms with Crippen molar-refractivity contribution in [2.24, 2.45) is 0 Å². The number of anilines is 1. The highest BCUT2D eigenvalue weighted by Gasteiger charge is 2.19. The van der Waals surface area contributed by atoms with Crippen molar-refractivity contribution in [1.82, 2.24) is 4.72 Å². The molecule has 0 aliphatic carbocycles. The van der Waals surface area contributed by atoms with Gasteiger partial charge in [0.15, 0.2) is 0 Å². The SMILES string of the molecule is Cc1ccc(S(=O)(=O)NC(=O)CC(=O)Nc2ccc([N+](=O)[O-])cc2)cc1. The third-order valence-electron chi connectivity index (χ3n) is 3.26. The molecule has 2 aromatic rings. The summed E-state index contributed by atoms with van der Waals surface area (Å²) in [5.41, 5.74) is 0.956. The Morgan fingerprint density at radius 3 is 2.12 bits per heavy atom. The van der Waals surface area contributed by atoms with Crippen LogP contribution in [0.3, 0.4) is 0 Å². The summed E-state index contributed by atoms with van der Waals surface area (Å²) in [6, 6.07) is 10.9. The van der Waals surface area contributed by atoms with E-state index in [1.807, 2.05) is 4.72 Å². The lowest BCUT2D eigenvalue weighted by Gasteiger charge is -2.08. The highest BCUT2D eigenvalue weighted by atomic mass is 32.2. The summed E-state index contributed by atoms with van der Waals surface area (Å²) in [5, 5.41) is 12.9. The topological polar surface area (TPSA) is 135 Å². The van der Waals surface area contributed by atoms with Gasteiger partial charge in [0.2, 0.25) is 11.8 Å². The third-order valence-corrected chi connectivity index (χ3v) is 4.65. The summed E-state index contributed by atoms with van der Waals surface area (Å²) >= 11 is 0. The molecular weight excluding hydrogens is 362 g/mol. The van der Waals surface area contributed by atoms with E-state index in [0.29, 0.717) is 0 Å². The third kappa shape index (κ3) is 5.11. The number of hydrogen-bond donors (Lipinski definition) is 2. The molecule has 2 amide bonds. The molecule has 10 heteroatoms. The Balaban J connectivity index is 1.95. The molecule has 26 heavy (non-hydrogen) atoms. The summed E-state index contributed by atoms with van der Waals surface area (Å²) in [6.07, 6.45) is -0.720. The van der Waals surface area contributed by atoms with E-state index in [9.17, 15) is 28.1 Å². The number of carbonyl (C=O) groups is 2. The maximum Gasteiger partial charge on any atom is 0.269 e. The van der Waals surface area contributed by atoms with Gasteiger partial charge in [-0.25, -0.2) is 13.1 Å². The number of nitro groups is 1. The summed E-state index contributed by atoms with van der Waals surface area (Å²) in [5.74, 6) is -1.75. The maximum atomic E-state index is 12.1. The number of rotatable bonds is 6. The Kier molecular flexibility index (Phi) is 5.68. The number of amides is 2. The Morgan fingerprint density at radius 2 is 1.58 bits per heavy atom. The highest BCUT2D eigenvalue weighted by molar-refractivity contribution is 7.90. The predicted molar refractivity (Wildman–Crippen MR) is 92.9 cm³/mol. The van der Waals surface area contributed by atoms with Gasteiger partial charge in [0, 0.05) is 17.8 Å². The summed E-state index contributed by atoms with van der Waals surface area (Å²) in [6.45, 7) is 1.79. The Hall–Kier alpha value is -3.27. The molecule has 136 valence electrons. The average Bonchev–Trinajstić information content (AvgIpc) is 2.54. The van der Waals surface area contributed by atoms with Crippen LogP contribution in [-0.4, -0.2) is 25.2 Å². The van der Waals surface area contributed by atoms with Crippen LogP contribution < -0.4 is 10.0 Å². The molecule has 0 aliphatic heterocycles. The second-order valence-electron chi connectivity index (χ2n) is 5.37. The van der Waals surface area contributed by atoms with Crippen molar-refractivity contribution in [3.05, 3.63) is 64.2 Å². The minimum atomic E-state index is -4.06. The van der Waals surface area contributed by atoms with E-state index >= 15 is 0 Å². The molecule has 2 aromatic carbocycles. The van der Waals surface area contributed by atoms with Gasteiger partial charge in [-0.2, -0.15) is 0 Å². The highest BCUT2D eigenvalue weighted by Crippen LogP contribution is 2.15. The quantitative estimate of drug-likeness (QED) is 0.447. The van der Waals surface area contributed by atoms with Gasteiger partial charge in [0.25, 0.3) is 15.7 Å². The van der Waals surface area contributed by atoms with E-state index in [-0.39, 0.29) is 16.3 Å². The van der Waals surface area contributed by atoms with E-state index in [1.165, 1.54) is 36.4 Å². The van der Waals surface area contributed by atoms with Crippen LogP contribution in [0.5, 0.6) is 0 Å². The number of hydrogen-bond acceptors (Lipinski definition) is 6. The van der Waals surface area contributed by atoms with Crippen molar-refractivity contribution in [1.29, 1.82) is 0 Å². The second-order valence-corrected chi connectivity index (χ2v) is 7.05. The maximum absolute atomic E-state index is 12.1. The smallest absolute Gasteiger partial charge is 0.269 e. The van der Waals surface area contributed by atoms with Crippen LogP contribution in [0.25, 0.3) is 0 Å². The monoisotopic (exact) mass is 377 g/mol. The molecule has 2 rings (SSSR count). The van der Waals surface area contributed by atoms with Crippen LogP contribution in [-0.2, 0) is 19.6 Å². The standard InChI is InChI=1S/C16H15N3O6S/c1-11-2-8-14(9-3-11)26(24,25)18-16(21)10-15(20)17-12-4-6-13(7-5-12)19(22)23/h2-9H,10H2,1H3,(H,17,20)(H,18,21). The van der Waals surface area contributed by atoms with E-state index in [4.69, 9.17) is 0 Å². The van der Waals surface area contributed by atoms with Crippen LogP contribution in [0.1, 0.15) is 12.0 Å². The van der Waals surface area contributed by atoms with Gasteiger partial charge < -0.3 is 5.32 Å². The zero-order valence-corrected chi connectivity index (χ0v) is 14.4. The van der Waals surface area contributed by atoms with Crippen molar-refractivity contribution in [3.63, 3.8) is 0 Å². The van der Waals surface area contributed by atoms with E-state index in [2.05, 4.69) is 5.32 Å². The van der Waals surface area contributed by atoms with Crippen LogP contribution in [0.4, 0.5) is 11.4 Å². The number of nitrogens with zero attached hydrogens (tertiary/aromatic N) is 1. The minimum Gasteiger partial charge on any atom is -0.326 e. The first kappa shape index (κ1) is 19.1. The first-order valence-electron chi connectivity index (χ1n) is 7.34. The molecule has 0 saturated carbocycles. The van der Waals surface area contributed by atoms with Gasteiger partial charge in [-0.1, -0.05) is 17.7 Å². The van der Waals surface area contributed by atoms with Crippen molar-refractivity contribution >= 4 is 33.2 Å². The molecular formula is C16H15N3O6S. The Morgan fingerprint density at radius 1 is 1.00 bits per heavy atom. The summed E-state index contributed by atoms with van der Waals surface area (Å²) in [4.78, 5) is 33.5. The average molecular weight is 377 g/mol. The van der Waals surface area contributed by atoms with E-state index in [0.717, 1.165) is 5.56 Å². The lowest BCUT2D eigenvalue weighted by atomic mass is 10.2. The van der Waals surface area contributed by atoms with Gasteiger partial charge in [-0.15, -0.1) is 0 Å². The van der Waals surface area contributed by atoms with Gasteiger partial charge >= 0.3 is 0 Å². The zero-order chi connectivity index (χ0) is 19.3. The fourth-order valence-corrected chi connectivity index (χ4v) is 2.96. The van der Waals surface area contributed by atoms with E-state index in [1.54, 1.807) is 19.1 Å². The molecule has 9 nitrogen and oxygen atoms in total. The lowest BCUT2D eigenvalue weighted by Crippen LogP contribution is -2.33. The number of carbonyl (C=O) groups excluding carboxylic acids is 2. The summed E-state index contributed by atoms with van der Waals surface area (Å²) < 4.78 is 26.0. The Labute approximate surface area is 149 Å². The molecule has 0 heterocycles. The van der Waals surface area contributed by atoms with E-state index < -0.39 is 33.2 Å². The fraction of sp³-hybridized carbons (Fsp3) is 0.125. The molecule has 0 aromatic heterocycles. The number of nitro benzene ring substituents is 1. The fourth-order valence-electron chi connectivity index (χ4n) is 1.98.